The van der Waals surface area contributed by atoms with Crippen LogP contribution in [0.2, 0.25) is 13.1 Å². The molecule has 0 N–H and O–H groups in total. The van der Waals surface area contributed by atoms with Crippen LogP contribution in [0.5, 0.6) is 0 Å². The topological polar surface area (TPSA) is 0 Å². The standard InChI is InChI=1S/2C6H7.C2H7Si.2BrH.Hf/c2*1-6-4-2-3-5-6;1-3-2;;;/h2*2,4H,3H2,1H3;3H,1-2H3;2*1H;/q2*-1;;;;. The summed E-state index contributed by atoms with van der Waals surface area (Å²) >= 11 is 0. The molecule has 0 unspecified atom stereocenters. The third-order valence-corrected chi connectivity index (χ3v) is 1.73. The summed E-state index contributed by atoms with van der Waals surface area (Å²) in [5.74, 6) is 0. The van der Waals surface area contributed by atoms with Gasteiger partial charge in [-0.3, -0.25) is 12.2 Å². The van der Waals surface area contributed by atoms with Crippen LogP contribution in [0.4, 0.5) is 0 Å². The zero-order valence-corrected chi connectivity index (χ0v) is 19.8. The molecule has 0 nitrogen and oxygen atoms in total. The van der Waals surface area contributed by atoms with Gasteiger partial charge in [0.25, 0.3) is 0 Å². The van der Waals surface area contributed by atoms with E-state index in [2.05, 4.69) is 63.4 Å². The van der Waals surface area contributed by atoms with Crippen LogP contribution < -0.4 is 0 Å². The van der Waals surface area contributed by atoms with E-state index in [-0.39, 0.29) is 59.8 Å². The summed E-state index contributed by atoms with van der Waals surface area (Å²) in [5.41, 5.74) is 2.55. The monoisotopic (exact) mass is 557 g/mol. The van der Waals surface area contributed by atoms with Gasteiger partial charge in [0.15, 0.2) is 0 Å². The van der Waals surface area contributed by atoms with Crippen molar-refractivity contribution in [3.63, 3.8) is 0 Å². The van der Waals surface area contributed by atoms with E-state index in [4.69, 9.17) is 0 Å². The molecule has 18 heavy (non-hydrogen) atoms. The molecule has 0 fully saturated rings. The first kappa shape index (κ1) is 27.4. The Hall–Kier alpha value is 1.01. The van der Waals surface area contributed by atoms with Gasteiger partial charge in [-0.15, -0.1) is 46.8 Å². The minimum absolute atomic E-state index is 0. The molecule has 0 amide bonds. The number of allylic oxidation sites excluding steroid dienone is 8. The smallest absolute Gasteiger partial charge is 0.0213 e. The molecule has 0 aromatic heterocycles. The van der Waals surface area contributed by atoms with Crippen LogP contribution in [-0.2, 0) is 25.8 Å². The number of hydrogen-bond donors (Lipinski definition) is 0. The van der Waals surface area contributed by atoms with Gasteiger partial charge in [-0.2, -0.15) is 12.2 Å². The molecular weight excluding hydrogens is 535 g/mol. The van der Waals surface area contributed by atoms with Gasteiger partial charge in [-0.1, -0.05) is 26.9 Å². The molecule has 0 saturated heterocycles. The maximum Gasteiger partial charge on any atom is 0.0213 e. The van der Waals surface area contributed by atoms with Gasteiger partial charge in [-0.05, 0) is 0 Å². The fraction of sp³-hybridized carbons (Fsp3) is 0.429. The fourth-order valence-electron chi connectivity index (χ4n) is 1.03. The van der Waals surface area contributed by atoms with Crippen molar-refractivity contribution in [2.75, 3.05) is 0 Å². The molecule has 0 aromatic carbocycles. The van der Waals surface area contributed by atoms with E-state index in [0.29, 0.717) is 0 Å². The van der Waals surface area contributed by atoms with Crippen LogP contribution in [0, 0.1) is 12.2 Å². The molecule has 0 spiro atoms. The van der Waals surface area contributed by atoms with Crippen LogP contribution in [-0.4, -0.2) is 9.52 Å². The first-order chi connectivity index (χ1) is 7.20. The second-order valence-corrected chi connectivity index (χ2v) is 4.66. The minimum atomic E-state index is 0. The van der Waals surface area contributed by atoms with Gasteiger partial charge in [0.2, 0.25) is 0 Å². The molecule has 4 heteroatoms. The Morgan fingerprint density at radius 2 is 1.17 bits per heavy atom. The predicted octanol–water partition coefficient (Wildman–Crippen LogP) is 5.06. The molecule has 2 aliphatic carbocycles. The predicted molar refractivity (Wildman–Crippen MR) is 91.9 cm³/mol. The summed E-state index contributed by atoms with van der Waals surface area (Å²) in [5, 5.41) is 0. The molecule has 0 heterocycles. The third kappa shape index (κ3) is 19.3. The van der Waals surface area contributed by atoms with Gasteiger partial charge in [0.05, 0.1) is 0 Å². The molecule has 0 aliphatic heterocycles. The fourth-order valence-corrected chi connectivity index (χ4v) is 1.03. The molecule has 2 rings (SSSR count). The average molecular weight is 558 g/mol. The van der Waals surface area contributed by atoms with Crippen molar-refractivity contribution in [2.45, 2.75) is 39.8 Å². The Kier molecular flexibility index (Phi) is 30.9. The van der Waals surface area contributed by atoms with Gasteiger partial charge >= 0.3 is 0 Å². The summed E-state index contributed by atoms with van der Waals surface area (Å²) in [7, 11) is 0.750. The molecule has 1 radical (unpaired) electrons. The van der Waals surface area contributed by atoms with Crippen molar-refractivity contribution in [1.29, 1.82) is 0 Å². The van der Waals surface area contributed by atoms with Crippen molar-refractivity contribution in [1.82, 2.24) is 0 Å². The van der Waals surface area contributed by atoms with Crippen LogP contribution in [0.15, 0.2) is 35.5 Å². The average Bonchev–Trinajstić information content (AvgIpc) is 2.81. The summed E-state index contributed by atoms with van der Waals surface area (Å²) in [6, 6.07) is 0. The minimum Gasteiger partial charge on any atom is -0.270 e. The van der Waals surface area contributed by atoms with Crippen LogP contribution >= 0.6 is 34.0 Å². The number of halogens is 2. The molecule has 0 bridgehead atoms. The Bertz CT molecular complexity index is 248. The van der Waals surface area contributed by atoms with Gasteiger partial charge < -0.3 is 0 Å². The number of hydrogen-bond acceptors (Lipinski definition) is 0. The molecule has 0 saturated carbocycles. The van der Waals surface area contributed by atoms with E-state index in [9.17, 15) is 0 Å². The van der Waals surface area contributed by atoms with E-state index < -0.39 is 0 Å². The maximum absolute atomic E-state index is 3.12. The van der Waals surface area contributed by atoms with E-state index in [1.165, 1.54) is 11.1 Å². The van der Waals surface area contributed by atoms with E-state index in [0.717, 1.165) is 22.4 Å². The Balaban J connectivity index is -0.0000000793. The van der Waals surface area contributed by atoms with Crippen molar-refractivity contribution in [3.05, 3.63) is 47.6 Å². The van der Waals surface area contributed by atoms with Crippen molar-refractivity contribution in [3.8, 4) is 0 Å². The van der Waals surface area contributed by atoms with Crippen LogP contribution in [0.25, 0.3) is 0 Å². The summed E-state index contributed by atoms with van der Waals surface area (Å²) in [4.78, 5) is 0. The Morgan fingerprint density at radius 3 is 1.22 bits per heavy atom. The zero-order valence-electron chi connectivity index (χ0n) is 11.6. The second-order valence-electron chi connectivity index (χ2n) is 3.51. The molecule has 0 atom stereocenters. The first-order valence-electron chi connectivity index (χ1n) is 5.42. The summed E-state index contributed by atoms with van der Waals surface area (Å²) < 4.78 is 0. The SMILES string of the molecule is Br.Br.CC1=[C-]CC=C1.CC1=[C-]CC=C1.C[SiH]C.[Hf]. The second kappa shape index (κ2) is 20.3. The normalized spacial score (nSPS) is 13.3. The quantitative estimate of drug-likeness (QED) is 0.289. The summed E-state index contributed by atoms with van der Waals surface area (Å²) in [6.45, 7) is 8.53. The van der Waals surface area contributed by atoms with Gasteiger partial charge in [-0.25, -0.2) is 23.3 Å². The van der Waals surface area contributed by atoms with Crippen molar-refractivity contribution < 1.29 is 25.8 Å². The first-order valence-corrected chi connectivity index (χ1v) is 7.73. The van der Waals surface area contributed by atoms with E-state index in [1.807, 2.05) is 0 Å². The molecular formula is C14H23Br2HfSi-2. The summed E-state index contributed by atoms with van der Waals surface area (Å²) in [6.07, 6.45) is 16.7. The van der Waals surface area contributed by atoms with E-state index >= 15 is 0 Å². The number of rotatable bonds is 0. The Morgan fingerprint density at radius 1 is 0.889 bits per heavy atom. The molecule has 103 valence electrons. The van der Waals surface area contributed by atoms with Crippen molar-refractivity contribution >= 4 is 43.5 Å². The van der Waals surface area contributed by atoms with Crippen LogP contribution in [0.3, 0.4) is 0 Å². The molecule has 0 aromatic rings. The van der Waals surface area contributed by atoms with Gasteiger partial charge in [0, 0.05) is 35.4 Å². The molecule has 2 aliphatic rings. The van der Waals surface area contributed by atoms with E-state index in [1.54, 1.807) is 0 Å². The Labute approximate surface area is 155 Å². The third-order valence-electron chi connectivity index (χ3n) is 1.73. The van der Waals surface area contributed by atoms with Crippen molar-refractivity contribution in [2.24, 2.45) is 0 Å². The van der Waals surface area contributed by atoms with Crippen LogP contribution in [0.1, 0.15) is 26.7 Å². The largest absolute Gasteiger partial charge is 0.270 e. The maximum atomic E-state index is 3.12. The van der Waals surface area contributed by atoms with Gasteiger partial charge in [0.1, 0.15) is 0 Å². The zero-order chi connectivity index (χ0) is 11.5.